The maximum Gasteiger partial charge on any atom is 0.0701 e. The number of aromatic nitrogens is 3. The largest absolute Gasteiger partial charge is 0.379 e. The summed E-state index contributed by atoms with van der Waals surface area (Å²) in [5, 5.41) is 7.28. The first-order chi connectivity index (χ1) is 31.7. The van der Waals surface area contributed by atoms with E-state index in [2.05, 4.69) is 146 Å². The molecule has 0 saturated heterocycles. The molecule has 64 heavy (non-hydrogen) atoms. The van der Waals surface area contributed by atoms with Gasteiger partial charge in [0, 0.05) is 122 Å². The highest BCUT2D eigenvalue weighted by molar-refractivity contribution is 6.13. The molecule has 0 fully saturated rings. The number of benzene rings is 6. The van der Waals surface area contributed by atoms with E-state index in [9.17, 15) is 0 Å². The van der Waals surface area contributed by atoms with Crippen LogP contribution in [0, 0.1) is 0 Å². The van der Waals surface area contributed by atoms with Gasteiger partial charge in [-0.25, -0.2) is 0 Å². The van der Waals surface area contributed by atoms with Crippen LogP contribution in [0.5, 0.6) is 0 Å². The Morgan fingerprint density at radius 1 is 0.312 bits per heavy atom. The van der Waals surface area contributed by atoms with Crippen molar-refractivity contribution in [1.29, 1.82) is 0 Å². The van der Waals surface area contributed by atoms with Crippen molar-refractivity contribution in [2.24, 2.45) is 0 Å². The maximum atomic E-state index is 6.02. The van der Waals surface area contributed by atoms with Crippen molar-refractivity contribution in [1.82, 2.24) is 13.7 Å². The minimum absolute atomic E-state index is 0.584. The summed E-state index contributed by atoms with van der Waals surface area (Å²) in [6.45, 7) is 15.7. The monoisotopic (exact) mass is 860 g/mol. The summed E-state index contributed by atoms with van der Waals surface area (Å²) < 4.78 is 41.8. The number of fused-ring (bicyclic) bond motifs is 9. The fourth-order valence-corrected chi connectivity index (χ4v) is 9.27. The van der Waals surface area contributed by atoms with Crippen LogP contribution in [0.25, 0.3) is 65.4 Å². The molecule has 0 aliphatic heterocycles. The van der Waals surface area contributed by atoms with Crippen molar-refractivity contribution in [3.05, 3.63) is 127 Å². The van der Waals surface area contributed by atoms with Crippen LogP contribution in [0.2, 0.25) is 0 Å². The Labute approximate surface area is 375 Å². The van der Waals surface area contributed by atoms with Crippen molar-refractivity contribution in [2.75, 3.05) is 84.2 Å². The first-order valence-corrected chi connectivity index (χ1v) is 23.0. The van der Waals surface area contributed by atoms with Gasteiger partial charge in [0.15, 0.2) is 0 Å². The van der Waals surface area contributed by atoms with Crippen LogP contribution in [0.1, 0.15) is 20.8 Å². The summed E-state index contributed by atoms with van der Waals surface area (Å²) in [6.07, 6.45) is 0. The normalized spacial score (nSPS) is 12.0. The molecule has 0 bridgehead atoms. The zero-order chi connectivity index (χ0) is 43.7. The summed E-state index contributed by atoms with van der Waals surface area (Å²) in [4.78, 5) is 2.42. The topological polar surface area (TPSA) is 73.4 Å². The zero-order valence-electron chi connectivity index (χ0n) is 37.5. The highest BCUT2D eigenvalue weighted by atomic mass is 16.5. The third kappa shape index (κ3) is 8.99. The summed E-state index contributed by atoms with van der Waals surface area (Å²) in [5.41, 5.74) is 10.4. The second kappa shape index (κ2) is 20.9. The van der Waals surface area contributed by atoms with Gasteiger partial charge in [0.05, 0.1) is 59.5 Å². The Morgan fingerprint density at radius 3 is 0.906 bits per heavy atom. The zero-order valence-corrected chi connectivity index (χ0v) is 37.5. The number of ether oxygens (including phenoxy) is 6. The quantitative estimate of drug-likeness (QED) is 0.0560. The molecule has 0 amide bonds. The van der Waals surface area contributed by atoms with Crippen LogP contribution in [-0.4, -0.2) is 93.0 Å². The maximum absolute atomic E-state index is 6.02. The molecule has 0 aliphatic rings. The highest BCUT2D eigenvalue weighted by Crippen LogP contribution is 2.43. The molecule has 3 heterocycles. The van der Waals surface area contributed by atoms with Crippen LogP contribution in [-0.2, 0) is 48.1 Å². The molecule has 0 radical (unpaired) electrons. The molecule has 3 aromatic heterocycles. The number of hydrogen-bond acceptors (Lipinski definition) is 7. The Kier molecular flexibility index (Phi) is 14.2. The van der Waals surface area contributed by atoms with Crippen LogP contribution in [0.15, 0.2) is 127 Å². The summed E-state index contributed by atoms with van der Waals surface area (Å²) in [7, 11) is 0. The molecular formula is C54H60N4O6. The fraction of sp³-hybridized carbons (Fsp3) is 0.333. The van der Waals surface area contributed by atoms with E-state index in [1.54, 1.807) is 0 Å². The predicted molar refractivity (Wildman–Crippen MR) is 262 cm³/mol. The van der Waals surface area contributed by atoms with Gasteiger partial charge in [0.2, 0.25) is 0 Å². The van der Waals surface area contributed by atoms with E-state index >= 15 is 0 Å². The third-order valence-electron chi connectivity index (χ3n) is 12.1. The Balaban J connectivity index is 1.15. The number of hydrogen-bond donors (Lipinski definition) is 0. The Hall–Kier alpha value is -5.72. The summed E-state index contributed by atoms with van der Waals surface area (Å²) >= 11 is 0. The molecule has 0 aliphatic carbocycles. The summed E-state index contributed by atoms with van der Waals surface area (Å²) in [6, 6.07) is 46.9. The van der Waals surface area contributed by atoms with Crippen molar-refractivity contribution in [3.8, 4) is 0 Å². The van der Waals surface area contributed by atoms with Gasteiger partial charge < -0.3 is 47.0 Å². The van der Waals surface area contributed by atoms with Gasteiger partial charge in [-0.3, -0.25) is 0 Å². The van der Waals surface area contributed by atoms with E-state index in [0.29, 0.717) is 79.3 Å². The number of anilines is 3. The molecule has 332 valence electrons. The van der Waals surface area contributed by atoms with Gasteiger partial charge in [-0.05, 0) is 93.6 Å². The van der Waals surface area contributed by atoms with E-state index in [1.807, 2.05) is 20.8 Å². The lowest BCUT2D eigenvalue weighted by Crippen LogP contribution is -2.11. The first-order valence-electron chi connectivity index (χ1n) is 23.0. The van der Waals surface area contributed by atoms with Gasteiger partial charge >= 0.3 is 0 Å². The van der Waals surface area contributed by atoms with Crippen LogP contribution in [0.4, 0.5) is 17.1 Å². The predicted octanol–water partition coefficient (Wildman–Crippen LogP) is 11.6. The van der Waals surface area contributed by atoms with Gasteiger partial charge in [-0.1, -0.05) is 54.6 Å². The van der Waals surface area contributed by atoms with E-state index in [1.165, 1.54) is 65.4 Å². The van der Waals surface area contributed by atoms with Gasteiger partial charge in [-0.15, -0.1) is 0 Å². The van der Waals surface area contributed by atoms with E-state index in [-0.39, 0.29) is 0 Å². The number of para-hydroxylation sites is 3. The fourth-order valence-electron chi connectivity index (χ4n) is 9.27. The minimum Gasteiger partial charge on any atom is -0.379 e. The molecule has 9 aromatic rings. The standard InChI is InChI=1S/C54H60N4O6/c1-4-59-31-34-62-28-25-55-49-16-10-7-13-43(49)46-37-40(19-22-52(46)55)58(41-20-23-53-47(38-41)44-14-8-11-17-50(44)56(53)26-29-63-35-32-60-5-2)42-21-24-54-48(39-42)45-15-9-12-18-51(45)57(54)27-30-64-36-33-61-6-3/h7-24,37-39H,4-6,25-36H2,1-3H3. The Bertz CT molecular complexity index is 2650. The Morgan fingerprint density at radius 2 is 0.594 bits per heavy atom. The van der Waals surface area contributed by atoms with Gasteiger partial charge in [-0.2, -0.15) is 0 Å². The lowest BCUT2D eigenvalue weighted by molar-refractivity contribution is 0.0503. The van der Waals surface area contributed by atoms with Crippen molar-refractivity contribution < 1.29 is 28.4 Å². The third-order valence-corrected chi connectivity index (χ3v) is 12.1. The van der Waals surface area contributed by atoms with E-state index in [0.717, 1.165) is 36.7 Å². The van der Waals surface area contributed by atoms with Crippen LogP contribution >= 0.6 is 0 Å². The second-order valence-electron chi connectivity index (χ2n) is 15.9. The smallest absolute Gasteiger partial charge is 0.0701 e. The van der Waals surface area contributed by atoms with Crippen LogP contribution in [0.3, 0.4) is 0 Å². The minimum atomic E-state index is 0.584. The second-order valence-corrected chi connectivity index (χ2v) is 15.9. The number of nitrogens with zero attached hydrogens (tertiary/aromatic N) is 4. The molecule has 0 saturated carbocycles. The molecule has 0 N–H and O–H groups in total. The SMILES string of the molecule is CCOCCOCCn1c2ccccc2c2cc(N(c3ccc4c(c3)c3ccccc3n4CCOCCOCC)c3ccc4c(c3)c3ccccc3n4CCOCCOCC)ccc21. The lowest BCUT2D eigenvalue weighted by Gasteiger charge is -2.26. The molecule has 0 spiro atoms. The molecule has 0 unspecified atom stereocenters. The summed E-state index contributed by atoms with van der Waals surface area (Å²) in [5.74, 6) is 0. The first kappa shape index (κ1) is 43.5. The van der Waals surface area contributed by atoms with Crippen molar-refractivity contribution in [2.45, 2.75) is 40.4 Å². The molecule has 9 rings (SSSR count). The number of rotatable bonds is 24. The van der Waals surface area contributed by atoms with Gasteiger partial charge in [0.25, 0.3) is 0 Å². The molecule has 10 heteroatoms. The molecular weight excluding hydrogens is 801 g/mol. The van der Waals surface area contributed by atoms with Crippen LogP contribution < -0.4 is 4.90 Å². The molecule has 10 nitrogen and oxygen atoms in total. The average Bonchev–Trinajstić information content (AvgIpc) is 3.94. The molecule has 0 atom stereocenters. The van der Waals surface area contributed by atoms with Crippen molar-refractivity contribution in [3.63, 3.8) is 0 Å². The van der Waals surface area contributed by atoms with Gasteiger partial charge in [0.1, 0.15) is 0 Å². The van der Waals surface area contributed by atoms with Crippen molar-refractivity contribution >= 4 is 82.5 Å². The van der Waals surface area contributed by atoms with E-state index in [4.69, 9.17) is 28.4 Å². The highest BCUT2D eigenvalue weighted by Gasteiger charge is 2.21. The average molecular weight is 861 g/mol. The lowest BCUT2D eigenvalue weighted by atomic mass is 10.1. The van der Waals surface area contributed by atoms with E-state index < -0.39 is 0 Å². The molecule has 6 aromatic carbocycles.